The zero-order valence-corrected chi connectivity index (χ0v) is 37.2. The van der Waals surface area contributed by atoms with Crippen LogP contribution in [-0.2, 0) is 5.41 Å². The van der Waals surface area contributed by atoms with Gasteiger partial charge in [0.15, 0.2) is 40.5 Å². The van der Waals surface area contributed by atoms with Crippen LogP contribution in [0.2, 0.25) is 0 Å². The summed E-state index contributed by atoms with van der Waals surface area (Å²) in [5.74, 6) is 4.55. The van der Waals surface area contributed by atoms with E-state index in [4.69, 9.17) is 24.4 Å². The van der Waals surface area contributed by atoms with Crippen molar-refractivity contribution in [3.63, 3.8) is 0 Å². The maximum atomic E-state index is 7.20. The van der Waals surface area contributed by atoms with E-state index in [1.165, 1.54) is 43.6 Å². The largest absolute Gasteiger partial charge is 0.449 e. The van der Waals surface area contributed by atoms with Gasteiger partial charge in [-0.05, 0) is 83.9 Å². The Morgan fingerprint density at radius 3 is 1.42 bits per heavy atom. The van der Waals surface area contributed by atoms with Crippen LogP contribution >= 0.6 is 0 Å². The van der Waals surface area contributed by atoms with E-state index in [1.807, 2.05) is 42.5 Å². The van der Waals surface area contributed by atoms with Crippen molar-refractivity contribution < 1.29 is 9.47 Å². The van der Waals surface area contributed by atoms with E-state index in [0.29, 0.717) is 40.5 Å². The molecule has 1 aliphatic carbocycles. The summed E-state index contributed by atoms with van der Waals surface area (Å²) in [4.78, 5) is 15.4. The van der Waals surface area contributed by atoms with Crippen molar-refractivity contribution in [1.29, 1.82) is 0 Å². The van der Waals surface area contributed by atoms with Gasteiger partial charge in [0.05, 0.1) is 5.41 Å². The molecule has 69 heavy (non-hydrogen) atoms. The highest BCUT2D eigenvalue weighted by atomic mass is 16.6. The molecule has 0 saturated heterocycles. The smallest absolute Gasteiger partial charge is 0.178 e. The first-order chi connectivity index (χ1) is 34.2. The molecule has 0 radical (unpaired) electrons. The van der Waals surface area contributed by atoms with E-state index in [9.17, 15) is 0 Å². The van der Waals surface area contributed by atoms with Gasteiger partial charge >= 0.3 is 0 Å². The molecule has 11 aromatic carbocycles. The monoisotopic (exact) mass is 881 g/mol. The van der Waals surface area contributed by atoms with Gasteiger partial charge in [0.2, 0.25) is 0 Å². The highest BCUT2D eigenvalue weighted by Gasteiger charge is 2.48. The highest BCUT2D eigenvalue weighted by molar-refractivity contribution is 6.25. The van der Waals surface area contributed by atoms with Crippen LogP contribution < -0.4 is 9.47 Å². The Labute approximate surface area is 398 Å². The highest BCUT2D eigenvalue weighted by Crippen LogP contribution is 2.63. The molecule has 2 aliphatic rings. The second-order valence-corrected chi connectivity index (χ2v) is 17.8. The van der Waals surface area contributed by atoms with Gasteiger partial charge in [-0.15, -0.1) is 0 Å². The number of ether oxygens (including phenoxy) is 2. The second kappa shape index (κ2) is 15.4. The van der Waals surface area contributed by atoms with E-state index >= 15 is 0 Å². The molecular formula is C64H39N3O2. The van der Waals surface area contributed by atoms with Gasteiger partial charge in [-0.2, -0.15) is 0 Å². The van der Waals surface area contributed by atoms with Crippen molar-refractivity contribution in [1.82, 2.24) is 15.0 Å². The summed E-state index contributed by atoms with van der Waals surface area (Å²) in [7, 11) is 0. The predicted octanol–water partition coefficient (Wildman–Crippen LogP) is 16.3. The molecule has 14 rings (SSSR count). The van der Waals surface area contributed by atoms with Gasteiger partial charge in [0.25, 0.3) is 0 Å². The topological polar surface area (TPSA) is 57.1 Å². The summed E-state index contributed by atoms with van der Waals surface area (Å²) in [6.45, 7) is 0. The van der Waals surface area contributed by atoms with E-state index in [0.717, 1.165) is 49.9 Å². The first-order valence-corrected chi connectivity index (χ1v) is 23.3. The molecule has 0 atom stereocenters. The summed E-state index contributed by atoms with van der Waals surface area (Å²) in [5, 5.41) is 7.25. The fraction of sp³-hybridized carbons (Fsp3) is 0.0156. The molecule has 2 heterocycles. The van der Waals surface area contributed by atoms with Crippen molar-refractivity contribution >= 4 is 32.3 Å². The summed E-state index contributed by atoms with van der Waals surface area (Å²) in [6, 6.07) is 83.1. The molecule has 12 aromatic rings. The summed E-state index contributed by atoms with van der Waals surface area (Å²) in [6.07, 6.45) is 0. The molecular weight excluding hydrogens is 843 g/mol. The molecule has 0 amide bonds. The predicted molar refractivity (Wildman–Crippen MR) is 278 cm³/mol. The molecule has 0 bridgehead atoms. The first kappa shape index (κ1) is 39.0. The standard InChI is InChI=1S/C64H39N3O2/c1-4-17-41(18-5-1)61-65-62(67-63(66-61)43-35-36-51-49-25-11-10-23-47(49)48-24-12-13-26-50(48)53(51)39-43)42-33-31-40(32-34-42)46-28-16-30-56-59(46)69-60-57(68-56)38-37-55-58(60)52-27-14-15-29-54(52)64(55,44-19-6-2-7-20-44)45-21-8-3-9-22-45/h1-39H. The number of fused-ring (bicyclic) bond motifs is 12. The lowest BCUT2D eigenvalue weighted by molar-refractivity contribution is 0.361. The average molecular weight is 882 g/mol. The Bertz CT molecular complexity index is 3930. The molecule has 0 saturated carbocycles. The van der Waals surface area contributed by atoms with Crippen LogP contribution in [-0.4, -0.2) is 15.0 Å². The SMILES string of the molecule is c1ccc(-c2nc(-c3ccc(-c4cccc5c4Oc4c(ccc6c4-c4ccccc4C6(c4ccccc4)c4ccccc4)O5)cc3)nc(-c3ccc4c5ccccc5c5ccccc5c4c3)n2)cc1. The third-order valence-corrected chi connectivity index (χ3v) is 14.1. The summed E-state index contributed by atoms with van der Waals surface area (Å²) in [5.41, 5.74) is 11.0. The normalized spacial score (nSPS) is 13.0. The van der Waals surface area contributed by atoms with E-state index in [1.54, 1.807) is 0 Å². The molecule has 5 heteroatoms. The van der Waals surface area contributed by atoms with E-state index in [2.05, 4.69) is 194 Å². The van der Waals surface area contributed by atoms with Crippen molar-refractivity contribution in [2.75, 3.05) is 0 Å². The van der Waals surface area contributed by atoms with Crippen LogP contribution in [0.25, 0.3) is 88.7 Å². The van der Waals surface area contributed by atoms with Crippen LogP contribution in [0.1, 0.15) is 22.3 Å². The number of benzene rings is 11. The van der Waals surface area contributed by atoms with Crippen LogP contribution in [0.3, 0.4) is 0 Å². The molecule has 322 valence electrons. The van der Waals surface area contributed by atoms with Gasteiger partial charge in [0, 0.05) is 27.8 Å². The number of para-hydroxylation sites is 1. The third-order valence-electron chi connectivity index (χ3n) is 14.1. The molecule has 0 unspecified atom stereocenters. The van der Waals surface area contributed by atoms with Gasteiger partial charge in [0.1, 0.15) is 0 Å². The van der Waals surface area contributed by atoms with Crippen LogP contribution in [0.15, 0.2) is 237 Å². The van der Waals surface area contributed by atoms with Gasteiger partial charge in [-0.25, -0.2) is 15.0 Å². The Balaban J connectivity index is 0.871. The minimum Gasteiger partial charge on any atom is -0.449 e. The quantitative estimate of drug-likeness (QED) is 0.156. The average Bonchev–Trinajstić information content (AvgIpc) is 3.74. The fourth-order valence-corrected chi connectivity index (χ4v) is 11.0. The Hall–Kier alpha value is -9.19. The maximum absolute atomic E-state index is 7.20. The Morgan fingerprint density at radius 1 is 0.290 bits per heavy atom. The minimum absolute atomic E-state index is 0.560. The number of aromatic nitrogens is 3. The molecule has 5 nitrogen and oxygen atoms in total. The summed E-state index contributed by atoms with van der Waals surface area (Å²) < 4.78 is 14.0. The maximum Gasteiger partial charge on any atom is 0.178 e. The molecule has 1 aliphatic heterocycles. The molecule has 0 fully saturated rings. The van der Waals surface area contributed by atoms with Crippen molar-refractivity contribution in [2.24, 2.45) is 0 Å². The van der Waals surface area contributed by atoms with Crippen molar-refractivity contribution in [2.45, 2.75) is 5.41 Å². The zero-order chi connectivity index (χ0) is 45.5. The molecule has 0 spiro atoms. The lowest BCUT2D eigenvalue weighted by Crippen LogP contribution is -2.28. The lowest BCUT2D eigenvalue weighted by atomic mass is 9.68. The zero-order valence-electron chi connectivity index (χ0n) is 37.2. The lowest BCUT2D eigenvalue weighted by Gasteiger charge is -2.34. The van der Waals surface area contributed by atoms with Crippen LogP contribution in [0.4, 0.5) is 0 Å². The number of hydrogen-bond acceptors (Lipinski definition) is 5. The second-order valence-electron chi connectivity index (χ2n) is 17.8. The van der Waals surface area contributed by atoms with E-state index < -0.39 is 5.41 Å². The number of nitrogens with zero attached hydrogens (tertiary/aromatic N) is 3. The summed E-state index contributed by atoms with van der Waals surface area (Å²) >= 11 is 0. The molecule has 0 N–H and O–H groups in total. The van der Waals surface area contributed by atoms with Crippen molar-refractivity contribution in [3.05, 3.63) is 259 Å². The van der Waals surface area contributed by atoms with Crippen LogP contribution in [0.5, 0.6) is 23.0 Å². The molecule has 1 aromatic heterocycles. The third kappa shape index (κ3) is 6.00. The van der Waals surface area contributed by atoms with E-state index in [-0.39, 0.29) is 0 Å². The van der Waals surface area contributed by atoms with Crippen molar-refractivity contribution in [3.8, 4) is 79.4 Å². The fourth-order valence-electron chi connectivity index (χ4n) is 11.0. The van der Waals surface area contributed by atoms with Gasteiger partial charge in [-0.1, -0.05) is 218 Å². The minimum atomic E-state index is -0.560. The number of hydrogen-bond donors (Lipinski definition) is 0. The van der Waals surface area contributed by atoms with Gasteiger partial charge < -0.3 is 9.47 Å². The van der Waals surface area contributed by atoms with Crippen LogP contribution in [0, 0.1) is 0 Å². The Morgan fingerprint density at radius 2 is 0.768 bits per heavy atom. The number of rotatable bonds is 6. The van der Waals surface area contributed by atoms with Gasteiger partial charge in [-0.3, -0.25) is 0 Å². The first-order valence-electron chi connectivity index (χ1n) is 23.3. The Kier molecular flexibility index (Phi) is 8.73.